The average Bonchev–Trinajstić information content (AvgIpc) is 2.84. The monoisotopic (exact) mass is 281 g/mol. The van der Waals surface area contributed by atoms with Gasteiger partial charge in [0.15, 0.2) is 0 Å². The second-order valence-electron chi connectivity index (χ2n) is 5.19. The largest absolute Gasteiger partial charge is 0.461 e. The van der Waals surface area contributed by atoms with Crippen molar-refractivity contribution in [1.29, 1.82) is 0 Å². The van der Waals surface area contributed by atoms with Gasteiger partial charge in [0.25, 0.3) is 0 Å². The van der Waals surface area contributed by atoms with Crippen molar-refractivity contribution in [1.82, 2.24) is 5.32 Å². The molecule has 3 heteroatoms. The minimum Gasteiger partial charge on any atom is -0.461 e. The molecule has 1 aromatic heterocycles. The lowest BCUT2D eigenvalue weighted by Crippen LogP contribution is -2.21. The highest BCUT2D eigenvalue weighted by atomic mass is 16.3. The molecule has 3 rings (SSSR count). The topological polar surface area (TPSA) is 45.4 Å². The Bertz CT molecular complexity index is 718. The maximum absolute atomic E-state index is 10.1. The Kier molecular flexibility index (Phi) is 4.04. The van der Waals surface area contributed by atoms with E-state index < -0.39 is 6.10 Å². The summed E-state index contributed by atoms with van der Waals surface area (Å²) >= 11 is 0. The van der Waals surface area contributed by atoms with Crippen LogP contribution in [0.5, 0.6) is 0 Å². The molecule has 21 heavy (non-hydrogen) atoms. The first-order chi connectivity index (χ1) is 10.3. The minimum absolute atomic E-state index is 0.496. The molecule has 1 heterocycles. The molecule has 0 spiro atoms. The van der Waals surface area contributed by atoms with Crippen LogP contribution < -0.4 is 5.32 Å². The molecule has 1 atom stereocenters. The van der Waals surface area contributed by atoms with Crippen molar-refractivity contribution in [2.45, 2.75) is 19.6 Å². The molecule has 0 aliphatic rings. The van der Waals surface area contributed by atoms with E-state index in [1.165, 1.54) is 0 Å². The molecule has 0 bridgehead atoms. The number of aryl methyl sites for hydroxylation is 1. The molecule has 0 amide bonds. The zero-order valence-corrected chi connectivity index (χ0v) is 12.0. The van der Waals surface area contributed by atoms with Crippen LogP contribution in [0.1, 0.15) is 23.0 Å². The van der Waals surface area contributed by atoms with E-state index in [1.807, 2.05) is 55.5 Å². The van der Waals surface area contributed by atoms with Gasteiger partial charge in [0.1, 0.15) is 11.3 Å². The van der Waals surface area contributed by atoms with Crippen LogP contribution in [0.2, 0.25) is 0 Å². The molecule has 0 fully saturated rings. The molecule has 0 radical (unpaired) electrons. The molecular formula is C18H19NO2. The van der Waals surface area contributed by atoms with E-state index >= 15 is 0 Å². The van der Waals surface area contributed by atoms with Crippen LogP contribution in [-0.4, -0.2) is 11.7 Å². The summed E-state index contributed by atoms with van der Waals surface area (Å²) in [5.74, 6) is 0.929. The minimum atomic E-state index is -0.496. The highest BCUT2D eigenvalue weighted by molar-refractivity contribution is 5.82. The Hall–Kier alpha value is -2.10. The predicted octanol–water partition coefficient (Wildman–Crippen LogP) is 3.56. The summed E-state index contributed by atoms with van der Waals surface area (Å²) in [6.45, 7) is 3.18. The van der Waals surface area contributed by atoms with Gasteiger partial charge < -0.3 is 14.8 Å². The zero-order valence-electron chi connectivity index (χ0n) is 12.0. The molecule has 2 N–H and O–H groups in total. The van der Waals surface area contributed by atoms with Crippen molar-refractivity contribution in [3.8, 4) is 0 Å². The number of nitrogens with one attached hydrogen (secondary N) is 1. The van der Waals surface area contributed by atoms with Gasteiger partial charge in [-0.1, -0.05) is 48.5 Å². The number of benzene rings is 2. The highest BCUT2D eigenvalue weighted by Gasteiger charge is 2.11. The standard InChI is InChI=1S/C18H19NO2/c1-13-16(15-9-5-6-10-18(15)21-13)11-19-12-17(20)14-7-3-2-4-8-14/h2-10,17,19-20H,11-12H2,1H3. The summed E-state index contributed by atoms with van der Waals surface area (Å²) in [5, 5.41) is 14.6. The zero-order chi connectivity index (χ0) is 14.7. The Morgan fingerprint density at radius 2 is 1.76 bits per heavy atom. The first kappa shape index (κ1) is 13.9. The second-order valence-corrected chi connectivity index (χ2v) is 5.19. The Morgan fingerprint density at radius 3 is 2.57 bits per heavy atom. The van der Waals surface area contributed by atoms with Gasteiger partial charge in [-0.15, -0.1) is 0 Å². The first-order valence-corrected chi connectivity index (χ1v) is 7.16. The Labute approximate surface area is 124 Å². The summed E-state index contributed by atoms with van der Waals surface area (Å²) in [6.07, 6.45) is -0.496. The fourth-order valence-electron chi connectivity index (χ4n) is 2.57. The number of hydrogen-bond donors (Lipinski definition) is 2. The van der Waals surface area contributed by atoms with Crippen molar-refractivity contribution >= 4 is 11.0 Å². The number of rotatable bonds is 5. The third-order valence-electron chi connectivity index (χ3n) is 3.72. The van der Waals surface area contributed by atoms with E-state index in [9.17, 15) is 5.11 Å². The van der Waals surface area contributed by atoms with Gasteiger partial charge in [-0.2, -0.15) is 0 Å². The van der Waals surface area contributed by atoms with Gasteiger partial charge in [-0.05, 0) is 18.6 Å². The smallest absolute Gasteiger partial charge is 0.134 e. The van der Waals surface area contributed by atoms with Crippen molar-refractivity contribution in [2.75, 3.05) is 6.54 Å². The molecule has 3 aromatic rings. The second kappa shape index (κ2) is 6.12. The fourth-order valence-corrected chi connectivity index (χ4v) is 2.57. The lowest BCUT2D eigenvalue weighted by atomic mass is 10.1. The fraction of sp³-hybridized carbons (Fsp3) is 0.222. The number of furan rings is 1. The van der Waals surface area contributed by atoms with Crippen molar-refractivity contribution in [2.24, 2.45) is 0 Å². The summed E-state index contributed by atoms with van der Waals surface area (Å²) in [7, 11) is 0. The van der Waals surface area contributed by atoms with Crippen LogP contribution in [0, 0.1) is 6.92 Å². The molecular weight excluding hydrogens is 262 g/mol. The summed E-state index contributed by atoms with van der Waals surface area (Å²) in [4.78, 5) is 0. The van der Waals surface area contributed by atoms with E-state index in [1.54, 1.807) is 0 Å². The van der Waals surface area contributed by atoms with Crippen molar-refractivity contribution in [3.63, 3.8) is 0 Å². The van der Waals surface area contributed by atoms with E-state index in [0.29, 0.717) is 13.1 Å². The SMILES string of the molecule is Cc1oc2ccccc2c1CNCC(O)c1ccccc1. The lowest BCUT2D eigenvalue weighted by Gasteiger charge is -2.12. The average molecular weight is 281 g/mol. The van der Waals surface area contributed by atoms with Crippen LogP contribution in [0.4, 0.5) is 0 Å². The number of fused-ring (bicyclic) bond motifs is 1. The predicted molar refractivity (Wildman–Crippen MR) is 84.1 cm³/mol. The molecule has 3 nitrogen and oxygen atoms in total. The first-order valence-electron chi connectivity index (χ1n) is 7.16. The maximum Gasteiger partial charge on any atom is 0.134 e. The van der Waals surface area contributed by atoms with Crippen molar-refractivity contribution < 1.29 is 9.52 Å². The van der Waals surface area contributed by atoms with E-state index in [-0.39, 0.29) is 0 Å². The van der Waals surface area contributed by atoms with E-state index in [0.717, 1.165) is 27.9 Å². The molecule has 1 unspecified atom stereocenters. The van der Waals surface area contributed by atoms with Gasteiger partial charge in [-0.3, -0.25) is 0 Å². The number of para-hydroxylation sites is 1. The van der Waals surface area contributed by atoms with Gasteiger partial charge in [0.05, 0.1) is 6.10 Å². The molecule has 2 aromatic carbocycles. The molecule has 0 saturated carbocycles. The number of aliphatic hydroxyl groups excluding tert-OH is 1. The van der Waals surface area contributed by atoms with Crippen LogP contribution in [-0.2, 0) is 6.54 Å². The molecule has 0 aliphatic carbocycles. The third kappa shape index (κ3) is 2.99. The normalized spacial score (nSPS) is 12.7. The van der Waals surface area contributed by atoms with Crippen LogP contribution in [0.15, 0.2) is 59.0 Å². The molecule has 0 saturated heterocycles. The van der Waals surface area contributed by atoms with Crippen molar-refractivity contribution in [3.05, 3.63) is 71.5 Å². The summed E-state index contributed by atoms with van der Waals surface area (Å²) < 4.78 is 5.74. The third-order valence-corrected chi connectivity index (χ3v) is 3.72. The van der Waals surface area contributed by atoms with Gasteiger partial charge >= 0.3 is 0 Å². The van der Waals surface area contributed by atoms with Crippen LogP contribution in [0.3, 0.4) is 0 Å². The van der Waals surface area contributed by atoms with Gasteiger partial charge in [-0.25, -0.2) is 0 Å². The quantitative estimate of drug-likeness (QED) is 0.751. The van der Waals surface area contributed by atoms with E-state index in [2.05, 4.69) is 11.4 Å². The van der Waals surface area contributed by atoms with Crippen LogP contribution in [0.25, 0.3) is 11.0 Å². The van der Waals surface area contributed by atoms with Crippen LogP contribution >= 0.6 is 0 Å². The number of aliphatic hydroxyl groups is 1. The van der Waals surface area contributed by atoms with Gasteiger partial charge in [0.2, 0.25) is 0 Å². The highest BCUT2D eigenvalue weighted by Crippen LogP contribution is 2.25. The molecule has 0 aliphatic heterocycles. The summed E-state index contributed by atoms with van der Waals surface area (Å²) in [6, 6.07) is 17.7. The number of hydrogen-bond acceptors (Lipinski definition) is 3. The van der Waals surface area contributed by atoms with Gasteiger partial charge in [0, 0.05) is 24.0 Å². The molecule has 108 valence electrons. The lowest BCUT2D eigenvalue weighted by molar-refractivity contribution is 0.174. The van der Waals surface area contributed by atoms with E-state index in [4.69, 9.17) is 4.42 Å². The maximum atomic E-state index is 10.1. The Balaban J connectivity index is 1.66. The summed E-state index contributed by atoms with van der Waals surface area (Å²) in [5.41, 5.74) is 3.00. The Morgan fingerprint density at radius 1 is 1.05 bits per heavy atom.